The van der Waals surface area contributed by atoms with E-state index in [0.717, 1.165) is 49.0 Å². The number of ether oxygens (including phenoxy) is 1. The Morgan fingerprint density at radius 3 is 2.65 bits per heavy atom. The predicted molar refractivity (Wildman–Crippen MR) is 92.2 cm³/mol. The minimum Gasteiger partial charge on any atom is -0.497 e. The smallest absolute Gasteiger partial charge is 0.273 e. The number of likely N-dealkylation sites (tertiary alicyclic amines) is 1. The number of aromatic nitrogens is 1. The van der Waals surface area contributed by atoms with Crippen LogP contribution in [0.3, 0.4) is 0 Å². The second-order valence-corrected chi connectivity index (χ2v) is 7.07. The lowest BCUT2D eigenvalue weighted by Gasteiger charge is -2.29. The van der Waals surface area contributed by atoms with Crippen molar-refractivity contribution in [3.63, 3.8) is 0 Å². The molecule has 0 unspecified atom stereocenters. The maximum Gasteiger partial charge on any atom is 0.273 e. The normalized spacial score (nSPS) is 15.7. The number of hydrogen-bond acceptors (Lipinski definition) is 4. The molecule has 1 saturated heterocycles. The molecule has 122 valence electrons. The summed E-state index contributed by atoms with van der Waals surface area (Å²) >= 11 is 1.56. The molecule has 3 rings (SSSR count). The van der Waals surface area contributed by atoms with Gasteiger partial charge >= 0.3 is 0 Å². The summed E-state index contributed by atoms with van der Waals surface area (Å²) in [6.07, 6.45) is 2.93. The number of thiazole rings is 1. The van der Waals surface area contributed by atoms with Gasteiger partial charge in [-0.15, -0.1) is 11.3 Å². The summed E-state index contributed by atoms with van der Waals surface area (Å²) in [5.41, 5.74) is 1.76. The summed E-state index contributed by atoms with van der Waals surface area (Å²) in [6.45, 7) is 3.95. The van der Waals surface area contributed by atoms with Gasteiger partial charge in [-0.05, 0) is 36.5 Å². The highest BCUT2D eigenvalue weighted by Gasteiger charge is 2.23. The van der Waals surface area contributed by atoms with E-state index >= 15 is 0 Å². The van der Waals surface area contributed by atoms with Crippen molar-refractivity contribution >= 4 is 17.2 Å². The van der Waals surface area contributed by atoms with Crippen LogP contribution in [0.1, 0.15) is 40.8 Å². The molecular formula is C18H22N2O2S. The zero-order chi connectivity index (χ0) is 16.2. The van der Waals surface area contributed by atoms with E-state index in [2.05, 4.69) is 11.9 Å². The summed E-state index contributed by atoms with van der Waals surface area (Å²) in [5, 5.41) is 2.86. The van der Waals surface area contributed by atoms with Crippen molar-refractivity contribution < 1.29 is 9.53 Å². The molecule has 1 amide bonds. The molecule has 1 fully saturated rings. The van der Waals surface area contributed by atoms with Crippen LogP contribution in [0, 0.1) is 5.92 Å². The predicted octanol–water partition coefficient (Wildman–Crippen LogP) is 3.61. The Balaban J connectivity index is 1.64. The first kappa shape index (κ1) is 16.0. The standard InChI is InChI=1S/C18H22N2O2S/c1-13-7-9-20(10-8-13)18(21)16-12-23-17(19-16)11-14-3-5-15(22-2)6-4-14/h3-6,12-13H,7-11H2,1-2H3. The molecule has 23 heavy (non-hydrogen) atoms. The van der Waals surface area contributed by atoms with Crippen molar-refractivity contribution in [2.45, 2.75) is 26.2 Å². The fourth-order valence-electron chi connectivity index (χ4n) is 2.78. The van der Waals surface area contributed by atoms with Gasteiger partial charge in [-0.3, -0.25) is 4.79 Å². The number of carbonyl (C=O) groups is 1. The van der Waals surface area contributed by atoms with E-state index in [1.54, 1.807) is 18.4 Å². The summed E-state index contributed by atoms with van der Waals surface area (Å²) in [5.74, 6) is 1.65. The van der Waals surface area contributed by atoms with Crippen LogP contribution in [0.5, 0.6) is 5.75 Å². The molecule has 4 nitrogen and oxygen atoms in total. The number of piperidine rings is 1. The monoisotopic (exact) mass is 330 g/mol. The average molecular weight is 330 g/mol. The molecule has 2 aromatic rings. The Morgan fingerprint density at radius 2 is 2.00 bits per heavy atom. The molecule has 1 aromatic carbocycles. The largest absolute Gasteiger partial charge is 0.497 e. The van der Waals surface area contributed by atoms with Crippen LogP contribution in [-0.4, -0.2) is 36.0 Å². The molecule has 0 radical (unpaired) electrons. The second kappa shape index (κ2) is 7.13. The minimum atomic E-state index is 0.0779. The zero-order valence-electron chi connectivity index (χ0n) is 13.6. The lowest BCUT2D eigenvalue weighted by atomic mass is 9.99. The molecule has 5 heteroatoms. The van der Waals surface area contributed by atoms with Crippen LogP contribution < -0.4 is 4.74 Å². The third kappa shape index (κ3) is 3.91. The molecule has 1 aromatic heterocycles. The van der Waals surface area contributed by atoms with Crippen LogP contribution in [0.15, 0.2) is 29.6 Å². The lowest BCUT2D eigenvalue weighted by Crippen LogP contribution is -2.38. The fourth-order valence-corrected chi connectivity index (χ4v) is 3.58. The SMILES string of the molecule is COc1ccc(Cc2nc(C(=O)N3CCC(C)CC3)cs2)cc1. The first-order valence-electron chi connectivity index (χ1n) is 8.02. The molecular weight excluding hydrogens is 308 g/mol. The van der Waals surface area contributed by atoms with Gasteiger partial charge in [-0.25, -0.2) is 4.98 Å². The van der Waals surface area contributed by atoms with Crippen LogP contribution >= 0.6 is 11.3 Å². The van der Waals surface area contributed by atoms with Gasteiger partial charge in [-0.1, -0.05) is 19.1 Å². The van der Waals surface area contributed by atoms with Crippen molar-refractivity contribution in [2.75, 3.05) is 20.2 Å². The van der Waals surface area contributed by atoms with Gasteiger partial charge in [0.05, 0.1) is 12.1 Å². The van der Waals surface area contributed by atoms with Crippen molar-refractivity contribution in [3.05, 3.63) is 45.9 Å². The van der Waals surface area contributed by atoms with Crippen molar-refractivity contribution in [3.8, 4) is 5.75 Å². The summed E-state index contributed by atoms with van der Waals surface area (Å²) in [6, 6.07) is 7.97. The molecule has 0 bridgehead atoms. The van der Waals surface area contributed by atoms with Gasteiger partial charge < -0.3 is 9.64 Å². The Hall–Kier alpha value is -1.88. The maximum absolute atomic E-state index is 12.5. The topological polar surface area (TPSA) is 42.4 Å². The third-order valence-corrected chi connectivity index (χ3v) is 5.20. The van der Waals surface area contributed by atoms with Crippen LogP contribution in [0.25, 0.3) is 0 Å². The minimum absolute atomic E-state index is 0.0779. The van der Waals surface area contributed by atoms with Crippen LogP contribution in [0.2, 0.25) is 0 Å². The van der Waals surface area contributed by atoms with Crippen LogP contribution in [0.4, 0.5) is 0 Å². The zero-order valence-corrected chi connectivity index (χ0v) is 14.4. The van der Waals surface area contributed by atoms with E-state index < -0.39 is 0 Å². The third-order valence-electron chi connectivity index (χ3n) is 4.36. The Kier molecular flexibility index (Phi) is 4.96. The highest BCUT2D eigenvalue weighted by atomic mass is 32.1. The van der Waals surface area contributed by atoms with E-state index in [0.29, 0.717) is 5.69 Å². The van der Waals surface area contributed by atoms with E-state index in [4.69, 9.17) is 4.74 Å². The Bertz CT molecular complexity index is 658. The molecule has 1 aliphatic heterocycles. The number of hydrogen-bond donors (Lipinski definition) is 0. The Labute approximate surface area is 141 Å². The first-order chi connectivity index (χ1) is 11.2. The number of benzene rings is 1. The van der Waals surface area contributed by atoms with E-state index in [9.17, 15) is 4.79 Å². The highest BCUT2D eigenvalue weighted by Crippen LogP contribution is 2.21. The summed E-state index contributed by atoms with van der Waals surface area (Å²) in [7, 11) is 1.66. The molecule has 1 aliphatic rings. The first-order valence-corrected chi connectivity index (χ1v) is 8.90. The molecule has 0 saturated carbocycles. The summed E-state index contributed by atoms with van der Waals surface area (Å²) in [4.78, 5) is 19.0. The van der Waals surface area contributed by atoms with Gasteiger partial charge in [-0.2, -0.15) is 0 Å². The summed E-state index contributed by atoms with van der Waals surface area (Å²) < 4.78 is 5.17. The van der Waals surface area contributed by atoms with Gasteiger partial charge in [0.2, 0.25) is 0 Å². The van der Waals surface area contributed by atoms with E-state index in [1.165, 1.54) is 5.56 Å². The number of carbonyl (C=O) groups excluding carboxylic acids is 1. The van der Waals surface area contributed by atoms with Crippen molar-refractivity contribution in [2.24, 2.45) is 5.92 Å². The molecule has 0 N–H and O–H groups in total. The molecule has 0 spiro atoms. The van der Waals surface area contributed by atoms with Crippen molar-refractivity contribution in [1.29, 1.82) is 0 Å². The molecule has 0 aliphatic carbocycles. The van der Waals surface area contributed by atoms with E-state index in [1.807, 2.05) is 34.5 Å². The van der Waals surface area contributed by atoms with Crippen LogP contribution in [-0.2, 0) is 6.42 Å². The number of methoxy groups -OCH3 is 1. The van der Waals surface area contributed by atoms with Gasteiger partial charge in [0.25, 0.3) is 5.91 Å². The van der Waals surface area contributed by atoms with E-state index in [-0.39, 0.29) is 5.91 Å². The Morgan fingerprint density at radius 1 is 1.30 bits per heavy atom. The quantitative estimate of drug-likeness (QED) is 0.860. The number of nitrogens with zero attached hydrogens (tertiary/aromatic N) is 2. The molecule has 2 heterocycles. The fraction of sp³-hybridized carbons (Fsp3) is 0.444. The lowest BCUT2D eigenvalue weighted by molar-refractivity contribution is 0.0692. The van der Waals surface area contributed by atoms with Gasteiger partial charge in [0, 0.05) is 24.9 Å². The average Bonchev–Trinajstić information content (AvgIpc) is 3.04. The molecule has 0 atom stereocenters. The van der Waals surface area contributed by atoms with Gasteiger partial charge in [0.1, 0.15) is 11.4 Å². The maximum atomic E-state index is 12.5. The van der Waals surface area contributed by atoms with Crippen molar-refractivity contribution in [1.82, 2.24) is 9.88 Å². The van der Waals surface area contributed by atoms with Gasteiger partial charge in [0.15, 0.2) is 0 Å². The number of rotatable bonds is 4. The highest BCUT2D eigenvalue weighted by molar-refractivity contribution is 7.09. The second-order valence-electron chi connectivity index (χ2n) is 6.13. The number of amides is 1.